The molecule has 0 fully saturated rings. The van der Waals surface area contributed by atoms with Gasteiger partial charge in [-0.15, -0.1) is 12.4 Å². The first kappa shape index (κ1) is 14.9. The average molecular weight is 316 g/mol. The first-order chi connectivity index (χ1) is 10.2. The van der Waals surface area contributed by atoms with Gasteiger partial charge in [0, 0.05) is 29.7 Å². The van der Waals surface area contributed by atoms with Crippen molar-refractivity contribution < 1.29 is 4.79 Å². The van der Waals surface area contributed by atoms with Crippen molar-refractivity contribution in [1.82, 2.24) is 14.4 Å². The maximum Gasteiger partial charge on any atom is 0.183 e. The second-order valence-corrected chi connectivity index (χ2v) is 5.79. The zero-order valence-corrected chi connectivity index (χ0v) is 13.2. The first-order valence-corrected chi connectivity index (χ1v) is 7.36. The Kier molecular flexibility index (Phi) is 3.79. The normalized spacial score (nSPS) is 17.3. The van der Waals surface area contributed by atoms with E-state index in [9.17, 15) is 4.79 Å². The Labute approximate surface area is 135 Å². The molecular weight excluding hydrogens is 298 g/mol. The predicted molar refractivity (Wildman–Crippen MR) is 87.8 cm³/mol. The highest BCUT2D eigenvalue weighted by atomic mass is 35.5. The van der Waals surface area contributed by atoms with Crippen LogP contribution < -0.4 is 0 Å². The fraction of sp³-hybridized carbons (Fsp3) is 0.294. The number of imidazole rings is 1. The molecule has 114 valence electrons. The molecule has 1 N–H and O–H groups in total. The monoisotopic (exact) mass is 315 g/mol. The smallest absolute Gasteiger partial charge is 0.183 e. The third-order valence-electron chi connectivity index (χ3n) is 4.50. The summed E-state index contributed by atoms with van der Waals surface area (Å²) in [7, 11) is 0. The average Bonchev–Trinajstić information content (AvgIpc) is 3.06. The van der Waals surface area contributed by atoms with E-state index in [0.29, 0.717) is 0 Å². The highest BCUT2D eigenvalue weighted by Gasteiger charge is 2.31. The molecule has 3 aromatic rings. The summed E-state index contributed by atoms with van der Waals surface area (Å²) in [6.07, 6.45) is 6.30. The van der Waals surface area contributed by atoms with Gasteiger partial charge in [0.05, 0.1) is 17.7 Å². The third-order valence-corrected chi connectivity index (χ3v) is 4.50. The Morgan fingerprint density at radius 1 is 1.41 bits per heavy atom. The number of pyridine rings is 1. The molecule has 0 aliphatic heterocycles. The number of aryl methyl sites for hydroxylation is 2. The van der Waals surface area contributed by atoms with Crippen molar-refractivity contribution in [3.63, 3.8) is 0 Å². The summed E-state index contributed by atoms with van der Waals surface area (Å²) in [5.41, 5.74) is 5.23. The van der Waals surface area contributed by atoms with Crippen LogP contribution in [0.15, 0.2) is 36.8 Å². The van der Waals surface area contributed by atoms with Crippen molar-refractivity contribution in [2.75, 3.05) is 0 Å². The predicted octanol–water partition coefficient (Wildman–Crippen LogP) is 3.38. The second kappa shape index (κ2) is 5.61. The highest BCUT2D eigenvalue weighted by Crippen LogP contribution is 2.30. The van der Waals surface area contributed by atoms with Gasteiger partial charge in [-0.25, -0.2) is 4.98 Å². The Hall–Kier alpha value is -2.07. The van der Waals surface area contributed by atoms with Gasteiger partial charge >= 0.3 is 0 Å². The molecule has 1 aliphatic carbocycles. The Morgan fingerprint density at radius 2 is 2.27 bits per heavy atom. The summed E-state index contributed by atoms with van der Waals surface area (Å²) in [5.74, 6) is 0.294. The van der Waals surface area contributed by atoms with Crippen LogP contribution in [0, 0.1) is 12.8 Å². The summed E-state index contributed by atoms with van der Waals surface area (Å²) in [4.78, 5) is 20.3. The van der Waals surface area contributed by atoms with E-state index in [1.54, 1.807) is 6.33 Å². The first-order valence-electron chi connectivity index (χ1n) is 7.36. The van der Waals surface area contributed by atoms with E-state index >= 15 is 0 Å². The molecule has 0 radical (unpaired) electrons. The van der Waals surface area contributed by atoms with Gasteiger partial charge in [0.1, 0.15) is 0 Å². The molecule has 0 spiro atoms. The largest absolute Gasteiger partial charge is 0.348 e. The van der Waals surface area contributed by atoms with E-state index in [1.165, 1.54) is 5.56 Å². The van der Waals surface area contributed by atoms with Crippen LogP contribution >= 0.6 is 12.4 Å². The molecule has 4 rings (SSSR count). The molecular formula is C17H18ClN3O. The summed E-state index contributed by atoms with van der Waals surface area (Å²) >= 11 is 0. The molecule has 5 heteroatoms. The molecule has 1 aliphatic rings. The summed E-state index contributed by atoms with van der Waals surface area (Å²) in [6, 6.07) is 8.18. The van der Waals surface area contributed by atoms with Gasteiger partial charge in [0.15, 0.2) is 5.78 Å². The van der Waals surface area contributed by atoms with Crippen molar-refractivity contribution in [1.29, 1.82) is 0 Å². The molecule has 0 amide bonds. The number of ketones is 1. The number of Topliss-reactive ketones (excluding diaryl/α,β-unsaturated/α-hetero) is 1. The minimum absolute atomic E-state index is 0. The quantitative estimate of drug-likeness (QED) is 0.788. The van der Waals surface area contributed by atoms with E-state index in [-0.39, 0.29) is 24.1 Å². The van der Waals surface area contributed by atoms with Crippen molar-refractivity contribution in [2.45, 2.75) is 26.2 Å². The molecule has 3 aromatic heterocycles. The van der Waals surface area contributed by atoms with Crippen LogP contribution in [-0.2, 0) is 12.8 Å². The number of hydrogen-bond acceptors (Lipinski definition) is 2. The van der Waals surface area contributed by atoms with Gasteiger partial charge in [-0.1, -0.05) is 6.07 Å². The van der Waals surface area contributed by atoms with Crippen LogP contribution in [0.3, 0.4) is 0 Å². The fourth-order valence-corrected chi connectivity index (χ4v) is 3.32. The summed E-state index contributed by atoms with van der Waals surface area (Å²) < 4.78 is 2.03. The van der Waals surface area contributed by atoms with Crippen molar-refractivity contribution in [3.8, 4) is 0 Å². The minimum Gasteiger partial charge on any atom is -0.348 e. The number of nitrogens with zero attached hydrogens (tertiary/aromatic N) is 2. The Bertz CT molecular complexity index is 833. The Morgan fingerprint density at radius 3 is 3.05 bits per heavy atom. The van der Waals surface area contributed by atoms with Crippen LogP contribution in [0.2, 0.25) is 0 Å². The van der Waals surface area contributed by atoms with Gasteiger partial charge in [0.2, 0.25) is 0 Å². The maximum absolute atomic E-state index is 12.9. The van der Waals surface area contributed by atoms with Crippen LogP contribution in [0.4, 0.5) is 0 Å². The number of carbonyl (C=O) groups excluding carboxylic acids is 1. The topological polar surface area (TPSA) is 50.2 Å². The van der Waals surface area contributed by atoms with Crippen molar-refractivity contribution >= 4 is 23.7 Å². The number of hydrogen-bond donors (Lipinski definition) is 1. The Balaban J connectivity index is 0.00000144. The van der Waals surface area contributed by atoms with Gasteiger partial charge in [-0.05, 0) is 43.5 Å². The van der Waals surface area contributed by atoms with Crippen LogP contribution in [-0.4, -0.2) is 20.2 Å². The number of fused-ring (bicyclic) bond motifs is 3. The lowest BCUT2D eigenvalue weighted by molar-refractivity contribution is 0.0894. The lowest BCUT2D eigenvalue weighted by atomic mass is 9.83. The SMILES string of the molecule is Cc1[nH]cnc1CC1CCc2cc3ccccn3c2C1=O.Cl. The molecule has 0 saturated carbocycles. The molecule has 1 atom stereocenters. The van der Waals surface area contributed by atoms with Crippen molar-refractivity contribution in [2.24, 2.45) is 5.92 Å². The number of aromatic nitrogens is 3. The van der Waals surface area contributed by atoms with Crippen LogP contribution in [0.25, 0.3) is 5.52 Å². The van der Waals surface area contributed by atoms with E-state index in [4.69, 9.17) is 0 Å². The van der Waals surface area contributed by atoms with E-state index in [0.717, 1.165) is 41.9 Å². The van der Waals surface area contributed by atoms with E-state index in [2.05, 4.69) is 22.1 Å². The highest BCUT2D eigenvalue weighted by molar-refractivity contribution is 6.00. The molecule has 4 nitrogen and oxygen atoms in total. The summed E-state index contributed by atoms with van der Waals surface area (Å²) in [6.45, 7) is 2.01. The van der Waals surface area contributed by atoms with E-state index in [1.807, 2.05) is 29.7 Å². The number of rotatable bonds is 2. The maximum atomic E-state index is 12.9. The number of nitrogens with one attached hydrogen (secondary N) is 1. The number of carbonyl (C=O) groups is 1. The van der Waals surface area contributed by atoms with Gasteiger partial charge in [-0.3, -0.25) is 4.79 Å². The van der Waals surface area contributed by atoms with E-state index < -0.39 is 0 Å². The molecule has 0 bridgehead atoms. The van der Waals surface area contributed by atoms with Gasteiger partial charge < -0.3 is 9.38 Å². The zero-order chi connectivity index (χ0) is 14.4. The third kappa shape index (κ3) is 2.24. The lowest BCUT2D eigenvalue weighted by Gasteiger charge is -2.21. The number of H-pyrrole nitrogens is 1. The minimum atomic E-state index is 0. The van der Waals surface area contributed by atoms with Crippen LogP contribution in [0.1, 0.15) is 33.9 Å². The fourth-order valence-electron chi connectivity index (χ4n) is 3.32. The molecule has 3 heterocycles. The molecule has 22 heavy (non-hydrogen) atoms. The second-order valence-electron chi connectivity index (χ2n) is 5.79. The number of aromatic amines is 1. The van der Waals surface area contributed by atoms with Gasteiger partial charge in [0.25, 0.3) is 0 Å². The summed E-state index contributed by atoms with van der Waals surface area (Å²) in [5, 5.41) is 0. The number of halogens is 1. The van der Waals surface area contributed by atoms with Gasteiger partial charge in [-0.2, -0.15) is 0 Å². The molecule has 1 unspecified atom stereocenters. The molecule has 0 saturated heterocycles. The standard InChI is InChI=1S/C17H17N3O.ClH/c1-11-15(19-10-18-11)9-13-6-5-12-8-14-4-2-3-7-20(14)16(12)17(13)21;/h2-4,7-8,10,13H,5-6,9H2,1H3,(H,18,19);1H. The van der Waals surface area contributed by atoms with Crippen LogP contribution in [0.5, 0.6) is 0 Å². The zero-order valence-electron chi connectivity index (χ0n) is 12.4. The lowest BCUT2D eigenvalue weighted by Crippen LogP contribution is -2.25. The molecule has 0 aromatic carbocycles. The van der Waals surface area contributed by atoms with Crippen molar-refractivity contribution in [3.05, 3.63) is 59.4 Å².